The van der Waals surface area contributed by atoms with Crippen molar-refractivity contribution in [2.24, 2.45) is 0 Å². The molecule has 22 heavy (non-hydrogen) atoms. The summed E-state index contributed by atoms with van der Waals surface area (Å²) >= 11 is 0. The number of hydrogen-bond acceptors (Lipinski definition) is 4. The quantitative estimate of drug-likeness (QED) is 0.883. The molecule has 2 heterocycles. The van der Waals surface area contributed by atoms with Crippen LogP contribution in [0, 0.1) is 6.92 Å². The molecule has 0 spiro atoms. The topological polar surface area (TPSA) is 45.5 Å². The summed E-state index contributed by atoms with van der Waals surface area (Å²) in [6, 6.07) is 8.25. The van der Waals surface area contributed by atoms with E-state index in [2.05, 4.69) is 22.3 Å². The average Bonchev–Trinajstić information content (AvgIpc) is 2.46. The molecule has 1 aromatic carbocycles. The maximum atomic E-state index is 11.8. The normalized spacial score (nSPS) is 19.1. The number of aryl methyl sites for hydroxylation is 1. The molecule has 120 valence electrons. The van der Waals surface area contributed by atoms with E-state index in [4.69, 9.17) is 4.42 Å². The van der Waals surface area contributed by atoms with Gasteiger partial charge < -0.3 is 9.73 Å². The molecule has 1 aliphatic rings. The third kappa shape index (κ3) is 3.69. The zero-order valence-electron chi connectivity index (χ0n) is 13.1. The molecule has 0 radical (unpaired) electrons. The molecule has 1 aromatic heterocycles. The zero-order valence-corrected chi connectivity index (χ0v) is 13.9. The number of rotatable bonds is 3. The van der Waals surface area contributed by atoms with Crippen LogP contribution in [0.25, 0.3) is 11.0 Å². The molecule has 1 aliphatic heterocycles. The van der Waals surface area contributed by atoms with Gasteiger partial charge in [0.25, 0.3) is 0 Å². The third-order valence-corrected chi connectivity index (χ3v) is 4.29. The van der Waals surface area contributed by atoms with E-state index in [0.29, 0.717) is 11.6 Å². The Balaban J connectivity index is 0.00000176. The second kappa shape index (κ2) is 7.27. The lowest BCUT2D eigenvalue weighted by Crippen LogP contribution is -2.43. The van der Waals surface area contributed by atoms with Crippen LogP contribution in [0.2, 0.25) is 0 Å². The lowest BCUT2D eigenvalue weighted by Gasteiger charge is -2.32. The second-order valence-electron chi connectivity index (χ2n) is 5.95. The summed E-state index contributed by atoms with van der Waals surface area (Å²) < 4.78 is 5.33. The lowest BCUT2D eigenvalue weighted by atomic mass is 10.0. The molecule has 0 bridgehead atoms. The third-order valence-electron chi connectivity index (χ3n) is 4.29. The van der Waals surface area contributed by atoms with Crippen LogP contribution in [0.15, 0.2) is 33.5 Å². The summed E-state index contributed by atoms with van der Waals surface area (Å²) in [5, 5.41) is 4.40. The molecule has 0 amide bonds. The first-order valence-electron chi connectivity index (χ1n) is 7.59. The van der Waals surface area contributed by atoms with Gasteiger partial charge in [-0.2, -0.15) is 0 Å². The van der Waals surface area contributed by atoms with Crippen molar-refractivity contribution in [3.8, 4) is 0 Å². The van der Waals surface area contributed by atoms with Crippen LogP contribution >= 0.6 is 12.4 Å². The van der Waals surface area contributed by atoms with Crippen molar-refractivity contribution in [3.63, 3.8) is 0 Å². The number of halogens is 1. The number of hydrogen-bond donors (Lipinski definition) is 1. The lowest BCUT2D eigenvalue weighted by molar-refractivity contribution is 0.188. The summed E-state index contributed by atoms with van der Waals surface area (Å²) in [6.45, 7) is 4.94. The number of benzene rings is 1. The van der Waals surface area contributed by atoms with Crippen LogP contribution in [-0.4, -0.2) is 31.1 Å². The first-order chi connectivity index (χ1) is 10.2. The van der Waals surface area contributed by atoms with Crippen molar-refractivity contribution in [3.05, 3.63) is 45.8 Å². The van der Waals surface area contributed by atoms with Gasteiger partial charge in [0.1, 0.15) is 5.58 Å². The molecule has 1 N–H and O–H groups in total. The van der Waals surface area contributed by atoms with Gasteiger partial charge in [0.15, 0.2) is 0 Å². The monoisotopic (exact) mass is 322 g/mol. The molecule has 1 atom stereocenters. The summed E-state index contributed by atoms with van der Waals surface area (Å²) in [6.07, 6.45) is 2.42. The summed E-state index contributed by atoms with van der Waals surface area (Å²) in [5.74, 6) is 0. The van der Waals surface area contributed by atoms with Crippen molar-refractivity contribution in [2.75, 3.05) is 20.1 Å². The van der Waals surface area contributed by atoms with E-state index in [0.717, 1.165) is 36.1 Å². The van der Waals surface area contributed by atoms with E-state index in [1.165, 1.54) is 12.8 Å². The SMILES string of the molecule is CNC1CCCN(Cc2cc(=O)oc3cc(C)ccc23)C1.Cl. The standard InChI is InChI=1S/C17H22N2O2.ClH/c1-12-5-6-15-13(9-17(20)21-16(15)8-12)10-19-7-3-4-14(11-19)18-2;/h5-6,8-9,14,18H,3-4,7,10-11H2,1-2H3;1H. The van der Waals surface area contributed by atoms with Gasteiger partial charge in [-0.15, -0.1) is 12.4 Å². The van der Waals surface area contributed by atoms with E-state index in [1.807, 2.05) is 20.0 Å². The minimum atomic E-state index is -0.259. The number of nitrogens with zero attached hydrogens (tertiary/aromatic N) is 1. The van der Waals surface area contributed by atoms with E-state index < -0.39 is 0 Å². The Hall–Kier alpha value is -1.36. The zero-order chi connectivity index (χ0) is 14.8. The molecule has 1 saturated heterocycles. The fourth-order valence-electron chi connectivity index (χ4n) is 3.14. The number of nitrogens with one attached hydrogen (secondary N) is 1. The van der Waals surface area contributed by atoms with Crippen molar-refractivity contribution in [1.82, 2.24) is 10.2 Å². The second-order valence-corrected chi connectivity index (χ2v) is 5.95. The van der Waals surface area contributed by atoms with Gasteiger partial charge in [-0.05, 0) is 50.6 Å². The maximum absolute atomic E-state index is 11.8. The van der Waals surface area contributed by atoms with Crippen LogP contribution < -0.4 is 10.9 Å². The Labute approximate surface area is 136 Å². The minimum Gasteiger partial charge on any atom is -0.423 e. The van der Waals surface area contributed by atoms with Crippen LogP contribution in [0.5, 0.6) is 0 Å². The number of fused-ring (bicyclic) bond motifs is 1. The highest BCUT2D eigenvalue weighted by Gasteiger charge is 2.19. The highest BCUT2D eigenvalue weighted by molar-refractivity contribution is 5.85. The molecular weight excluding hydrogens is 300 g/mol. The Kier molecular flexibility index (Phi) is 5.62. The molecule has 1 fully saturated rings. The Morgan fingerprint density at radius 2 is 2.18 bits per heavy atom. The minimum absolute atomic E-state index is 0. The predicted octanol–water partition coefficient (Wildman–Crippen LogP) is 2.71. The Morgan fingerprint density at radius 1 is 1.36 bits per heavy atom. The molecule has 4 nitrogen and oxygen atoms in total. The summed E-state index contributed by atoms with van der Waals surface area (Å²) in [5.41, 5.74) is 2.61. The summed E-state index contributed by atoms with van der Waals surface area (Å²) in [7, 11) is 2.02. The highest BCUT2D eigenvalue weighted by atomic mass is 35.5. The molecule has 0 aliphatic carbocycles. The van der Waals surface area contributed by atoms with Crippen LogP contribution in [0.1, 0.15) is 24.0 Å². The average molecular weight is 323 g/mol. The van der Waals surface area contributed by atoms with Gasteiger partial charge >= 0.3 is 5.63 Å². The maximum Gasteiger partial charge on any atom is 0.336 e. The van der Waals surface area contributed by atoms with E-state index in [1.54, 1.807) is 6.07 Å². The fraction of sp³-hybridized carbons (Fsp3) is 0.471. The molecular formula is C17H23ClN2O2. The highest BCUT2D eigenvalue weighted by Crippen LogP contribution is 2.21. The molecule has 0 saturated carbocycles. The number of likely N-dealkylation sites (tertiary alicyclic amines) is 1. The van der Waals surface area contributed by atoms with Crippen molar-refractivity contribution < 1.29 is 4.42 Å². The van der Waals surface area contributed by atoms with Gasteiger partial charge in [0.05, 0.1) is 0 Å². The van der Waals surface area contributed by atoms with E-state index >= 15 is 0 Å². The smallest absolute Gasteiger partial charge is 0.336 e. The van der Waals surface area contributed by atoms with E-state index in [-0.39, 0.29) is 18.0 Å². The van der Waals surface area contributed by atoms with Gasteiger partial charge in [-0.1, -0.05) is 12.1 Å². The molecule has 1 unspecified atom stereocenters. The molecule has 2 aromatic rings. The largest absolute Gasteiger partial charge is 0.423 e. The van der Waals surface area contributed by atoms with Gasteiger partial charge in [0.2, 0.25) is 0 Å². The Bertz CT molecular complexity index is 699. The van der Waals surface area contributed by atoms with Crippen molar-refractivity contribution >= 4 is 23.4 Å². The number of likely N-dealkylation sites (N-methyl/N-ethyl adjacent to an activating group) is 1. The van der Waals surface area contributed by atoms with Crippen molar-refractivity contribution in [1.29, 1.82) is 0 Å². The predicted molar refractivity (Wildman–Crippen MR) is 91.8 cm³/mol. The van der Waals surface area contributed by atoms with Crippen LogP contribution in [0.3, 0.4) is 0 Å². The number of piperidine rings is 1. The van der Waals surface area contributed by atoms with E-state index in [9.17, 15) is 4.79 Å². The molecule has 5 heteroatoms. The Morgan fingerprint density at radius 3 is 2.95 bits per heavy atom. The van der Waals surface area contributed by atoms with Crippen molar-refractivity contribution in [2.45, 2.75) is 32.4 Å². The van der Waals surface area contributed by atoms with Gasteiger partial charge in [0, 0.05) is 30.6 Å². The van der Waals surface area contributed by atoms with Crippen LogP contribution in [-0.2, 0) is 6.54 Å². The summed E-state index contributed by atoms with van der Waals surface area (Å²) in [4.78, 5) is 14.2. The molecule has 3 rings (SSSR count). The van der Waals surface area contributed by atoms with Crippen LogP contribution in [0.4, 0.5) is 0 Å². The van der Waals surface area contributed by atoms with Gasteiger partial charge in [-0.25, -0.2) is 4.79 Å². The fourth-order valence-corrected chi connectivity index (χ4v) is 3.14. The van der Waals surface area contributed by atoms with Gasteiger partial charge in [-0.3, -0.25) is 4.90 Å². The first kappa shape index (κ1) is 17.0. The first-order valence-corrected chi connectivity index (χ1v) is 7.59.